The number of halogens is 1. The normalized spacial score (nSPS) is 19.6. The third-order valence-corrected chi connectivity index (χ3v) is 3.05. The van der Waals surface area contributed by atoms with Gasteiger partial charge < -0.3 is 5.32 Å². The van der Waals surface area contributed by atoms with Gasteiger partial charge in [-0.25, -0.2) is 4.79 Å². The summed E-state index contributed by atoms with van der Waals surface area (Å²) >= 11 is 3.23. The highest BCUT2D eigenvalue weighted by Gasteiger charge is 2.37. The first-order valence-corrected chi connectivity index (χ1v) is 6.56. The van der Waals surface area contributed by atoms with Crippen LogP contribution in [-0.2, 0) is 11.2 Å². The van der Waals surface area contributed by atoms with E-state index in [0.717, 1.165) is 5.56 Å². The highest BCUT2D eigenvalue weighted by Crippen LogP contribution is 2.12. The molecule has 5 heteroatoms. The van der Waals surface area contributed by atoms with E-state index < -0.39 is 6.04 Å². The lowest BCUT2D eigenvalue weighted by atomic mass is 10.1. The van der Waals surface area contributed by atoms with E-state index in [4.69, 9.17) is 0 Å². The third-order valence-electron chi connectivity index (χ3n) is 2.70. The van der Waals surface area contributed by atoms with Gasteiger partial charge >= 0.3 is 6.03 Å². The van der Waals surface area contributed by atoms with Crippen LogP contribution in [-0.4, -0.2) is 34.8 Å². The molecule has 1 N–H and O–H groups in total. The van der Waals surface area contributed by atoms with Gasteiger partial charge in [0.1, 0.15) is 6.04 Å². The van der Waals surface area contributed by atoms with Crippen molar-refractivity contribution in [3.05, 3.63) is 35.9 Å². The van der Waals surface area contributed by atoms with Gasteiger partial charge in [-0.1, -0.05) is 46.3 Å². The molecule has 1 aromatic carbocycles. The minimum Gasteiger partial charge on any atom is -0.325 e. The Hall–Kier alpha value is -1.36. The van der Waals surface area contributed by atoms with E-state index in [-0.39, 0.29) is 11.9 Å². The molecule has 1 fully saturated rings. The molecule has 1 saturated heterocycles. The Balaban J connectivity index is 2.04. The number of urea groups is 1. The van der Waals surface area contributed by atoms with Crippen LogP contribution in [0.5, 0.6) is 0 Å². The average molecular weight is 297 g/mol. The average Bonchev–Trinajstić information content (AvgIpc) is 2.59. The zero-order chi connectivity index (χ0) is 12.3. The molecule has 0 spiro atoms. The first kappa shape index (κ1) is 12.1. The summed E-state index contributed by atoms with van der Waals surface area (Å²) in [6, 6.07) is 8.95. The Labute approximate surface area is 108 Å². The molecule has 90 valence electrons. The largest absolute Gasteiger partial charge is 0.325 e. The molecular formula is C12H13BrN2O2. The Kier molecular flexibility index (Phi) is 3.78. The van der Waals surface area contributed by atoms with Gasteiger partial charge in [0, 0.05) is 18.3 Å². The summed E-state index contributed by atoms with van der Waals surface area (Å²) in [6.45, 7) is 0.413. The monoisotopic (exact) mass is 296 g/mol. The van der Waals surface area contributed by atoms with Crippen molar-refractivity contribution in [2.75, 3.05) is 11.9 Å². The molecule has 1 atom stereocenters. The van der Waals surface area contributed by atoms with Crippen molar-refractivity contribution in [3.63, 3.8) is 0 Å². The van der Waals surface area contributed by atoms with Crippen LogP contribution in [0.2, 0.25) is 0 Å². The maximum absolute atomic E-state index is 11.9. The summed E-state index contributed by atoms with van der Waals surface area (Å²) < 4.78 is 0. The zero-order valence-corrected chi connectivity index (χ0v) is 10.8. The van der Waals surface area contributed by atoms with Crippen LogP contribution in [0.25, 0.3) is 0 Å². The first-order valence-electron chi connectivity index (χ1n) is 5.44. The summed E-state index contributed by atoms with van der Waals surface area (Å²) in [6.07, 6.45) is 0.546. The van der Waals surface area contributed by atoms with Crippen molar-refractivity contribution in [3.8, 4) is 0 Å². The highest BCUT2D eigenvalue weighted by atomic mass is 79.9. The lowest BCUT2D eigenvalue weighted by molar-refractivity contribution is -0.127. The molecule has 4 nitrogen and oxygen atoms in total. The number of amides is 3. The first-order chi connectivity index (χ1) is 8.22. The molecule has 0 bridgehead atoms. The number of hydrogen-bond donors (Lipinski definition) is 1. The summed E-state index contributed by atoms with van der Waals surface area (Å²) in [7, 11) is 0. The molecular weight excluding hydrogens is 284 g/mol. The highest BCUT2D eigenvalue weighted by molar-refractivity contribution is 9.09. The molecule has 0 saturated carbocycles. The van der Waals surface area contributed by atoms with Crippen molar-refractivity contribution >= 4 is 27.9 Å². The molecule has 0 aliphatic carbocycles. The third kappa shape index (κ3) is 2.66. The minimum atomic E-state index is -0.427. The zero-order valence-electron chi connectivity index (χ0n) is 9.23. The summed E-state index contributed by atoms with van der Waals surface area (Å²) in [5.74, 6) is -0.140. The fourth-order valence-corrected chi connectivity index (χ4v) is 2.22. The Morgan fingerprint density at radius 2 is 1.94 bits per heavy atom. The van der Waals surface area contributed by atoms with E-state index in [2.05, 4.69) is 21.2 Å². The Morgan fingerprint density at radius 1 is 1.24 bits per heavy atom. The molecule has 17 heavy (non-hydrogen) atoms. The maximum atomic E-state index is 11.9. The van der Waals surface area contributed by atoms with E-state index >= 15 is 0 Å². The number of imide groups is 1. The van der Waals surface area contributed by atoms with Gasteiger partial charge in [0.2, 0.25) is 0 Å². The van der Waals surface area contributed by atoms with E-state index in [1.165, 1.54) is 4.90 Å². The second kappa shape index (κ2) is 5.31. The molecule has 0 aromatic heterocycles. The Bertz CT molecular complexity index is 422. The number of benzene rings is 1. The van der Waals surface area contributed by atoms with E-state index in [0.29, 0.717) is 18.3 Å². The number of hydrogen-bond acceptors (Lipinski definition) is 2. The van der Waals surface area contributed by atoms with Crippen LogP contribution in [0.15, 0.2) is 30.3 Å². The molecule has 2 rings (SSSR count). The predicted molar refractivity (Wildman–Crippen MR) is 68.0 cm³/mol. The standard InChI is InChI=1S/C12H13BrN2O2/c13-6-7-15-11(16)10(14-12(15)17)8-9-4-2-1-3-5-9/h1-5,10H,6-8H2,(H,14,17). The lowest BCUT2D eigenvalue weighted by Gasteiger charge is -2.10. The van der Waals surface area contributed by atoms with Crippen LogP contribution in [0.4, 0.5) is 4.79 Å². The van der Waals surface area contributed by atoms with Gasteiger partial charge in [0.15, 0.2) is 0 Å². The van der Waals surface area contributed by atoms with E-state index in [9.17, 15) is 9.59 Å². The van der Waals surface area contributed by atoms with Crippen molar-refractivity contribution < 1.29 is 9.59 Å². The van der Waals surface area contributed by atoms with Gasteiger partial charge in [0.05, 0.1) is 0 Å². The Morgan fingerprint density at radius 3 is 2.59 bits per heavy atom. The minimum absolute atomic E-state index is 0.140. The van der Waals surface area contributed by atoms with E-state index in [1.807, 2.05) is 30.3 Å². The van der Waals surface area contributed by atoms with Crippen molar-refractivity contribution in [2.45, 2.75) is 12.5 Å². The molecule has 3 amide bonds. The fraction of sp³-hybridized carbons (Fsp3) is 0.333. The van der Waals surface area contributed by atoms with Crippen LogP contribution in [0.3, 0.4) is 0 Å². The number of carbonyl (C=O) groups is 2. The van der Waals surface area contributed by atoms with Crippen molar-refractivity contribution in [1.82, 2.24) is 10.2 Å². The van der Waals surface area contributed by atoms with Gasteiger partial charge in [-0.3, -0.25) is 9.69 Å². The summed E-state index contributed by atoms with van der Waals surface area (Å²) in [5.41, 5.74) is 1.05. The van der Waals surface area contributed by atoms with Gasteiger partial charge in [-0.2, -0.15) is 0 Å². The van der Waals surface area contributed by atoms with Crippen molar-refractivity contribution in [2.24, 2.45) is 0 Å². The number of nitrogens with zero attached hydrogens (tertiary/aromatic N) is 1. The topological polar surface area (TPSA) is 49.4 Å². The second-order valence-electron chi connectivity index (χ2n) is 3.87. The lowest BCUT2D eigenvalue weighted by Crippen LogP contribution is -2.33. The van der Waals surface area contributed by atoms with Crippen LogP contribution in [0.1, 0.15) is 5.56 Å². The summed E-state index contributed by atoms with van der Waals surface area (Å²) in [5, 5.41) is 3.31. The molecule has 1 heterocycles. The number of rotatable bonds is 4. The van der Waals surface area contributed by atoms with Gasteiger partial charge in [-0.15, -0.1) is 0 Å². The molecule has 1 aliphatic rings. The van der Waals surface area contributed by atoms with E-state index in [1.54, 1.807) is 0 Å². The maximum Gasteiger partial charge on any atom is 0.324 e. The second-order valence-corrected chi connectivity index (χ2v) is 4.66. The number of nitrogens with one attached hydrogen (secondary N) is 1. The molecule has 1 aliphatic heterocycles. The smallest absolute Gasteiger partial charge is 0.324 e. The van der Waals surface area contributed by atoms with Crippen LogP contribution < -0.4 is 5.32 Å². The molecule has 1 aromatic rings. The number of alkyl halides is 1. The van der Waals surface area contributed by atoms with Gasteiger partial charge in [0.25, 0.3) is 5.91 Å². The molecule has 0 radical (unpaired) electrons. The molecule has 1 unspecified atom stereocenters. The van der Waals surface area contributed by atoms with Crippen molar-refractivity contribution in [1.29, 1.82) is 0 Å². The SMILES string of the molecule is O=C1NC(Cc2ccccc2)C(=O)N1CCBr. The summed E-state index contributed by atoms with van der Waals surface area (Å²) in [4.78, 5) is 24.7. The quantitative estimate of drug-likeness (QED) is 0.677. The number of carbonyl (C=O) groups excluding carboxylic acids is 2. The predicted octanol–water partition coefficient (Wildman–Crippen LogP) is 1.54. The van der Waals surface area contributed by atoms with Crippen LogP contribution >= 0.6 is 15.9 Å². The van der Waals surface area contributed by atoms with Crippen LogP contribution in [0, 0.1) is 0 Å². The van der Waals surface area contributed by atoms with Gasteiger partial charge in [-0.05, 0) is 5.56 Å². The fourth-order valence-electron chi connectivity index (χ4n) is 1.86.